The zero-order chi connectivity index (χ0) is 15.1. The average molecular weight is 296 g/mol. The summed E-state index contributed by atoms with van der Waals surface area (Å²) in [6.07, 6.45) is 5.42. The predicted molar refractivity (Wildman–Crippen MR) is 81.3 cm³/mol. The first-order chi connectivity index (χ1) is 10.3. The summed E-state index contributed by atoms with van der Waals surface area (Å²) in [5.74, 6) is 1.02. The SMILES string of the molecule is CCCNC(Cc1ncnn1CC)C1(OC)CCOCC1. The van der Waals surface area contributed by atoms with E-state index in [4.69, 9.17) is 9.47 Å². The first-order valence-electron chi connectivity index (χ1n) is 7.98. The van der Waals surface area contributed by atoms with E-state index in [1.54, 1.807) is 6.33 Å². The first-order valence-corrected chi connectivity index (χ1v) is 7.98. The third kappa shape index (κ3) is 3.81. The van der Waals surface area contributed by atoms with Crippen molar-refractivity contribution in [1.82, 2.24) is 20.1 Å². The van der Waals surface area contributed by atoms with Gasteiger partial charge in [0.25, 0.3) is 0 Å². The van der Waals surface area contributed by atoms with Crippen LogP contribution in [0.1, 0.15) is 38.9 Å². The van der Waals surface area contributed by atoms with Gasteiger partial charge in [0, 0.05) is 52.2 Å². The second-order valence-electron chi connectivity index (χ2n) is 5.58. The zero-order valence-corrected chi connectivity index (χ0v) is 13.5. The van der Waals surface area contributed by atoms with Gasteiger partial charge in [-0.2, -0.15) is 5.10 Å². The fraction of sp³-hybridized carbons (Fsp3) is 0.867. The molecule has 1 aromatic heterocycles. The van der Waals surface area contributed by atoms with Crippen molar-refractivity contribution in [3.05, 3.63) is 12.2 Å². The normalized spacial score (nSPS) is 19.6. The van der Waals surface area contributed by atoms with Crippen LogP contribution in [0.15, 0.2) is 6.33 Å². The number of aromatic nitrogens is 3. The number of aryl methyl sites for hydroxylation is 1. The van der Waals surface area contributed by atoms with Crippen molar-refractivity contribution >= 4 is 0 Å². The zero-order valence-electron chi connectivity index (χ0n) is 13.5. The summed E-state index contributed by atoms with van der Waals surface area (Å²) in [4.78, 5) is 4.42. The summed E-state index contributed by atoms with van der Waals surface area (Å²) in [6.45, 7) is 7.63. The van der Waals surface area contributed by atoms with Gasteiger partial charge in [-0.15, -0.1) is 0 Å². The molecule has 2 rings (SSSR count). The molecule has 0 saturated carbocycles. The van der Waals surface area contributed by atoms with E-state index in [0.29, 0.717) is 0 Å². The van der Waals surface area contributed by atoms with E-state index in [0.717, 1.165) is 57.8 Å². The Bertz CT molecular complexity index is 416. The van der Waals surface area contributed by atoms with E-state index in [1.807, 2.05) is 11.8 Å². The molecule has 1 aliphatic rings. The summed E-state index contributed by atoms with van der Waals surface area (Å²) in [5.41, 5.74) is -0.169. The van der Waals surface area contributed by atoms with E-state index in [2.05, 4.69) is 29.2 Å². The number of rotatable bonds is 8. The lowest BCUT2D eigenvalue weighted by Crippen LogP contribution is -2.56. The van der Waals surface area contributed by atoms with Gasteiger partial charge in [0.1, 0.15) is 12.2 Å². The Hall–Kier alpha value is -0.980. The topological polar surface area (TPSA) is 61.2 Å². The van der Waals surface area contributed by atoms with Crippen LogP contribution in [0, 0.1) is 0 Å². The lowest BCUT2D eigenvalue weighted by molar-refractivity contribution is -0.110. The molecule has 1 aliphatic heterocycles. The lowest BCUT2D eigenvalue weighted by atomic mass is 9.83. The summed E-state index contributed by atoms with van der Waals surface area (Å²) < 4.78 is 13.4. The number of ether oxygens (including phenoxy) is 2. The van der Waals surface area contributed by atoms with Crippen LogP contribution < -0.4 is 5.32 Å². The van der Waals surface area contributed by atoms with Crippen LogP contribution in [0.2, 0.25) is 0 Å². The molecule has 120 valence electrons. The summed E-state index contributed by atoms with van der Waals surface area (Å²) >= 11 is 0. The molecule has 0 bridgehead atoms. The Balaban J connectivity index is 2.16. The fourth-order valence-corrected chi connectivity index (χ4v) is 3.07. The Morgan fingerprint density at radius 2 is 2.19 bits per heavy atom. The monoisotopic (exact) mass is 296 g/mol. The van der Waals surface area contributed by atoms with Crippen LogP contribution in [0.25, 0.3) is 0 Å². The fourth-order valence-electron chi connectivity index (χ4n) is 3.07. The molecule has 1 unspecified atom stereocenters. The van der Waals surface area contributed by atoms with Gasteiger partial charge < -0.3 is 14.8 Å². The highest BCUT2D eigenvalue weighted by atomic mass is 16.5. The second kappa shape index (κ2) is 7.87. The molecule has 1 N–H and O–H groups in total. The molecule has 1 atom stereocenters. The molecule has 1 aromatic rings. The van der Waals surface area contributed by atoms with Crippen molar-refractivity contribution in [3.8, 4) is 0 Å². The van der Waals surface area contributed by atoms with Gasteiger partial charge in [-0.3, -0.25) is 4.68 Å². The van der Waals surface area contributed by atoms with E-state index < -0.39 is 0 Å². The Morgan fingerprint density at radius 1 is 1.43 bits per heavy atom. The summed E-state index contributed by atoms with van der Waals surface area (Å²) in [5, 5.41) is 7.93. The van der Waals surface area contributed by atoms with Crippen LogP contribution in [-0.2, 0) is 22.4 Å². The molecule has 21 heavy (non-hydrogen) atoms. The molecular weight excluding hydrogens is 268 g/mol. The van der Waals surface area contributed by atoms with Crippen LogP contribution in [-0.4, -0.2) is 53.3 Å². The highest BCUT2D eigenvalue weighted by Gasteiger charge is 2.40. The van der Waals surface area contributed by atoms with Crippen LogP contribution >= 0.6 is 0 Å². The van der Waals surface area contributed by atoms with Crippen LogP contribution in [0.4, 0.5) is 0 Å². The van der Waals surface area contributed by atoms with E-state index in [1.165, 1.54) is 0 Å². The van der Waals surface area contributed by atoms with Gasteiger partial charge >= 0.3 is 0 Å². The largest absolute Gasteiger partial charge is 0.381 e. The van der Waals surface area contributed by atoms with Gasteiger partial charge in [-0.25, -0.2) is 4.98 Å². The molecule has 6 heteroatoms. The van der Waals surface area contributed by atoms with Crippen molar-refractivity contribution in [1.29, 1.82) is 0 Å². The van der Waals surface area contributed by atoms with E-state index >= 15 is 0 Å². The molecular formula is C15H28N4O2. The molecule has 0 radical (unpaired) electrons. The molecule has 1 fully saturated rings. The van der Waals surface area contributed by atoms with Gasteiger partial charge in [0.15, 0.2) is 0 Å². The Labute approximate surface area is 127 Å². The molecule has 0 amide bonds. The number of hydrogen-bond donors (Lipinski definition) is 1. The molecule has 2 heterocycles. The number of methoxy groups -OCH3 is 1. The summed E-state index contributed by atoms with van der Waals surface area (Å²) in [6, 6.07) is 0.237. The molecule has 0 aromatic carbocycles. The van der Waals surface area contributed by atoms with Crippen LogP contribution in [0.5, 0.6) is 0 Å². The lowest BCUT2D eigenvalue weighted by Gasteiger charge is -2.42. The summed E-state index contributed by atoms with van der Waals surface area (Å²) in [7, 11) is 1.82. The van der Waals surface area contributed by atoms with E-state index in [9.17, 15) is 0 Å². The minimum atomic E-state index is -0.169. The molecule has 1 saturated heterocycles. The highest BCUT2D eigenvalue weighted by Crippen LogP contribution is 2.30. The minimum Gasteiger partial charge on any atom is -0.381 e. The predicted octanol–water partition coefficient (Wildman–Crippen LogP) is 1.40. The number of hydrogen-bond acceptors (Lipinski definition) is 5. The maximum atomic E-state index is 5.96. The minimum absolute atomic E-state index is 0.169. The number of nitrogens with one attached hydrogen (secondary N) is 1. The molecule has 0 spiro atoms. The van der Waals surface area contributed by atoms with Gasteiger partial charge in [-0.05, 0) is 19.9 Å². The quantitative estimate of drug-likeness (QED) is 0.786. The van der Waals surface area contributed by atoms with Gasteiger partial charge in [-0.1, -0.05) is 6.92 Å². The Kier molecular flexibility index (Phi) is 6.14. The highest BCUT2D eigenvalue weighted by molar-refractivity contribution is 5.01. The number of nitrogens with zero attached hydrogens (tertiary/aromatic N) is 3. The van der Waals surface area contributed by atoms with Crippen molar-refractivity contribution in [3.63, 3.8) is 0 Å². The average Bonchev–Trinajstić information content (AvgIpc) is 2.99. The van der Waals surface area contributed by atoms with Crippen molar-refractivity contribution in [2.24, 2.45) is 0 Å². The van der Waals surface area contributed by atoms with Gasteiger partial charge in [0.05, 0.1) is 5.60 Å². The third-order valence-electron chi connectivity index (χ3n) is 4.40. The molecule has 6 nitrogen and oxygen atoms in total. The van der Waals surface area contributed by atoms with Crippen molar-refractivity contribution < 1.29 is 9.47 Å². The van der Waals surface area contributed by atoms with Gasteiger partial charge in [0.2, 0.25) is 0 Å². The van der Waals surface area contributed by atoms with Crippen molar-refractivity contribution in [2.45, 2.75) is 57.7 Å². The molecule has 0 aliphatic carbocycles. The van der Waals surface area contributed by atoms with Crippen LogP contribution in [0.3, 0.4) is 0 Å². The standard InChI is InChI=1S/C15H28N4O2/c1-4-8-16-13(11-14-17-12-18-19(14)5-2)15(20-3)6-9-21-10-7-15/h12-13,16H,4-11H2,1-3H3. The van der Waals surface area contributed by atoms with Crippen molar-refractivity contribution in [2.75, 3.05) is 26.9 Å². The maximum Gasteiger partial charge on any atom is 0.138 e. The smallest absolute Gasteiger partial charge is 0.138 e. The first kappa shape index (κ1) is 16.4. The third-order valence-corrected chi connectivity index (χ3v) is 4.40. The second-order valence-corrected chi connectivity index (χ2v) is 5.58. The van der Waals surface area contributed by atoms with E-state index in [-0.39, 0.29) is 11.6 Å². The maximum absolute atomic E-state index is 5.96. The Morgan fingerprint density at radius 3 is 2.81 bits per heavy atom.